The molecular weight excluding hydrogens is 274 g/mol. The van der Waals surface area contributed by atoms with Crippen LogP contribution in [0.15, 0.2) is 24.5 Å². The first-order valence-electron chi connectivity index (χ1n) is 8.39. The van der Waals surface area contributed by atoms with Gasteiger partial charge in [0.25, 0.3) is 0 Å². The summed E-state index contributed by atoms with van der Waals surface area (Å²) in [6.07, 6.45) is 11.9. The number of hydrogen-bond acceptors (Lipinski definition) is 2. The van der Waals surface area contributed by atoms with Crippen LogP contribution in [0.2, 0.25) is 0 Å². The first-order valence-corrected chi connectivity index (χ1v) is 8.39. The van der Waals surface area contributed by atoms with Crippen molar-refractivity contribution in [2.45, 2.75) is 44.9 Å². The predicted octanol–water partition coefficient (Wildman–Crippen LogP) is 3.20. The van der Waals surface area contributed by atoms with Crippen LogP contribution in [-0.2, 0) is 18.3 Å². The average Bonchev–Trinajstić information content (AvgIpc) is 2.85. The van der Waals surface area contributed by atoms with Gasteiger partial charge in [0.05, 0.1) is 0 Å². The maximum absolute atomic E-state index is 12.0. The fourth-order valence-electron chi connectivity index (χ4n) is 3.55. The third-order valence-corrected chi connectivity index (χ3v) is 4.73. The summed E-state index contributed by atoms with van der Waals surface area (Å²) in [6.45, 7) is 0.708. The topological polar surface area (TPSA) is 46.9 Å². The van der Waals surface area contributed by atoms with Gasteiger partial charge >= 0.3 is 0 Å². The Hall–Kier alpha value is -1.84. The summed E-state index contributed by atoms with van der Waals surface area (Å²) in [6, 6.07) is 4.06. The molecule has 1 aliphatic rings. The van der Waals surface area contributed by atoms with E-state index in [0.717, 1.165) is 12.1 Å². The first kappa shape index (κ1) is 15.1. The molecule has 1 N–H and O–H groups in total. The van der Waals surface area contributed by atoms with Gasteiger partial charge in [0.1, 0.15) is 5.65 Å². The second-order valence-corrected chi connectivity index (χ2v) is 6.45. The van der Waals surface area contributed by atoms with Crippen LogP contribution in [0.4, 0.5) is 0 Å². The minimum Gasteiger partial charge on any atom is -0.356 e. The fourth-order valence-corrected chi connectivity index (χ4v) is 3.55. The van der Waals surface area contributed by atoms with E-state index in [4.69, 9.17) is 0 Å². The Morgan fingerprint density at radius 2 is 2.18 bits per heavy atom. The van der Waals surface area contributed by atoms with Crippen molar-refractivity contribution in [3.63, 3.8) is 0 Å². The lowest BCUT2D eigenvalue weighted by Gasteiger charge is -2.20. The minimum absolute atomic E-state index is 0.213. The number of nitrogens with one attached hydrogen (secondary N) is 1. The molecule has 2 aromatic rings. The van der Waals surface area contributed by atoms with E-state index in [-0.39, 0.29) is 5.91 Å². The van der Waals surface area contributed by atoms with Gasteiger partial charge in [-0.05, 0) is 42.9 Å². The van der Waals surface area contributed by atoms with E-state index < -0.39 is 0 Å². The van der Waals surface area contributed by atoms with Gasteiger partial charge in [0, 0.05) is 37.8 Å². The van der Waals surface area contributed by atoms with Crippen LogP contribution in [0.3, 0.4) is 0 Å². The predicted molar refractivity (Wildman–Crippen MR) is 88.6 cm³/mol. The maximum Gasteiger partial charge on any atom is 0.220 e. The molecule has 0 unspecified atom stereocenters. The Bertz CT molecular complexity index is 641. The summed E-state index contributed by atoms with van der Waals surface area (Å²) in [4.78, 5) is 16.4. The highest BCUT2D eigenvalue weighted by Crippen LogP contribution is 2.26. The molecule has 1 aliphatic carbocycles. The number of rotatable bonds is 5. The van der Waals surface area contributed by atoms with E-state index in [1.807, 2.05) is 19.3 Å². The molecule has 22 heavy (non-hydrogen) atoms. The van der Waals surface area contributed by atoms with Crippen LogP contribution in [-0.4, -0.2) is 22.0 Å². The molecule has 1 fully saturated rings. The number of fused-ring (bicyclic) bond motifs is 1. The summed E-state index contributed by atoms with van der Waals surface area (Å²) in [5.41, 5.74) is 2.26. The molecule has 0 spiro atoms. The largest absolute Gasteiger partial charge is 0.356 e. The van der Waals surface area contributed by atoms with Crippen molar-refractivity contribution in [2.75, 3.05) is 6.54 Å². The van der Waals surface area contributed by atoms with Gasteiger partial charge < -0.3 is 9.88 Å². The van der Waals surface area contributed by atoms with Crippen molar-refractivity contribution in [1.29, 1.82) is 0 Å². The normalized spacial score (nSPS) is 16.0. The molecule has 118 valence electrons. The highest BCUT2D eigenvalue weighted by atomic mass is 16.1. The van der Waals surface area contributed by atoms with Crippen LogP contribution in [0.5, 0.6) is 0 Å². The number of pyridine rings is 1. The van der Waals surface area contributed by atoms with Crippen LogP contribution in [0.1, 0.15) is 44.1 Å². The Morgan fingerprint density at radius 1 is 1.36 bits per heavy atom. The Kier molecular flexibility index (Phi) is 4.76. The van der Waals surface area contributed by atoms with Gasteiger partial charge in [0.2, 0.25) is 5.91 Å². The van der Waals surface area contributed by atoms with Crippen LogP contribution in [0.25, 0.3) is 11.0 Å². The van der Waals surface area contributed by atoms with Gasteiger partial charge in [-0.3, -0.25) is 4.79 Å². The van der Waals surface area contributed by atoms with Crippen molar-refractivity contribution >= 4 is 16.9 Å². The number of nitrogens with zero attached hydrogens (tertiary/aromatic N) is 2. The molecule has 4 nitrogen and oxygen atoms in total. The molecule has 1 amide bonds. The van der Waals surface area contributed by atoms with Crippen LogP contribution >= 0.6 is 0 Å². The summed E-state index contributed by atoms with van der Waals surface area (Å²) in [7, 11) is 2.01. The van der Waals surface area contributed by atoms with E-state index in [1.54, 1.807) is 0 Å². The Labute approximate surface area is 131 Å². The standard InChI is InChI=1S/C18H25N3O/c1-21-13-15(16-8-5-10-20-18(16)21)9-11-19-17(22)12-14-6-3-2-4-7-14/h5,8,10,13-14H,2-4,6-7,9,11-12H2,1H3,(H,19,22). The molecule has 0 radical (unpaired) electrons. The molecule has 0 bridgehead atoms. The maximum atomic E-state index is 12.0. The van der Waals surface area contributed by atoms with E-state index >= 15 is 0 Å². The zero-order valence-corrected chi connectivity index (χ0v) is 13.3. The molecule has 2 heterocycles. The van der Waals surface area contributed by atoms with Crippen molar-refractivity contribution in [1.82, 2.24) is 14.9 Å². The first-order chi connectivity index (χ1) is 10.7. The molecule has 2 aromatic heterocycles. The molecule has 0 atom stereocenters. The third-order valence-electron chi connectivity index (χ3n) is 4.73. The van der Waals surface area contributed by atoms with Crippen LogP contribution < -0.4 is 5.32 Å². The van der Waals surface area contributed by atoms with Gasteiger partial charge in [0.15, 0.2) is 0 Å². The smallest absolute Gasteiger partial charge is 0.220 e. The van der Waals surface area contributed by atoms with E-state index in [0.29, 0.717) is 18.9 Å². The van der Waals surface area contributed by atoms with Gasteiger partial charge in [-0.2, -0.15) is 0 Å². The minimum atomic E-state index is 0.213. The molecule has 4 heteroatoms. The SMILES string of the molecule is Cn1cc(CCNC(=O)CC2CCCCC2)c2cccnc21. The second kappa shape index (κ2) is 6.95. The number of aromatic nitrogens is 2. The quantitative estimate of drug-likeness (QED) is 0.921. The number of carbonyl (C=O) groups excluding carboxylic acids is 1. The number of aryl methyl sites for hydroxylation is 1. The molecule has 0 aliphatic heterocycles. The lowest BCUT2D eigenvalue weighted by Crippen LogP contribution is -2.28. The second-order valence-electron chi connectivity index (χ2n) is 6.45. The zero-order chi connectivity index (χ0) is 15.4. The zero-order valence-electron chi connectivity index (χ0n) is 13.3. The van der Waals surface area contributed by atoms with Crippen molar-refractivity contribution in [3.8, 4) is 0 Å². The van der Waals surface area contributed by atoms with E-state index in [2.05, 4.69) is 27.1 Å². The van der Waals surface area contributed by atoms with Crippen molar-refractivity contribution < 1.29 is 4.79 Å². The highest BCUT2D eigenvalue weighted by molar-refractivity contribution is 5.80. The molecule has 0 saturated heterocycles. The van der Waals surface area contributed by atoms with Crippen LogP contribution in [0, 0.1) is 5.92 Å². The number of carbonyl (C=O) groups is 1. The summed E-state index contributed by atoms with van der Waals surface area (Å²) >= 11 is 0. The fraction of sp³-hybridized carbons (Fsp3) is 0.556. The van der Waals surface area contributed by atoms with Crippen molar-refractivity contribution in [3.05, 3.63) is 30.1 Å². The van der Waals surface area contributed by atoms with Gasteiger partial charge in [-0.1, -0.05) is 19.3 Å². The summed E-state index contributed by atoms with van der Waals surface area (Å²) < 4.78 is 2.05. The Balaban J connectivity index is 1.50. The van der Waals surface area contributed by atoms with Gasteiger partial charge in [-0.25, -0.2) is 4.98 Å². The molecule has 3 rings (SSSR count). The van der Waals surface area contributed by atoms with E-state index in [9.17, 15) is 4.79 Å². The monoisotopic (exact) mass is 299 g/mol. The number of hydrogen-bond donors (Lipinski definition) is 1. The average molecular weight is 299 g/mol. The van der Waals surface area contributed by atoms with Crippen molar-refractivity contribution in [2.24, 2.45) is 13.0 Å². The van der Waals surface area contributed by atoms with E-state index in [1.165, 1.54) is 43.1 Å². The lowest BCUT2D eigenvalue weighted by molar-refractivity contribution is -0.122. The highest BCUT2D eigenvalue weighted by Gasteiger charge is 2.16. The molecular formula is C18H25N3O. The number of amides is 1. The lowest BCUT2D eigenvalue weighted by atomic mass is 9.87. The molecule has 0 aromatic carbocycles. The molecule has 1 saturated carbocycles. The Morgan fingerprint density at radius 3 is 3.00 bits per heavy atom. The van der Waals surface area contributed by atoms with Gasteiger partial charge in [-0.15, -0.1) is 0 Å². The summed E-state index contributed by atoms with van der Waals surface area (Å²) in [5.74, 6) is 0.820. The summed E-state index contributed by atoms with van der Waals surface area (Å²) in [5, 5.41) is 4.27. The third kappa shape index (κ3) is 3.49.